The van der Waals surface area contributed by atoms with Gasteiger partial charge >= 0.3 is 0 Å². The summed E-state index contributed by atoms with van der Waals surface area (Å²) in [7, 11) is 3.74. The molecule has 0 atom stereocenters. The number of hydrogen-bond acceptors (Lipinski definition) is 6. The van der Waals surface area contributed by atoms with Crippen molar-refractivity contribution in [3.8, 4) is 16.3 Å². The number of aromatic nitrogens is 2. The minimum Gasteiger partial charge on any atom is -0.497 e. The van der Waals surface area contributed by atoms with E-state index in [2.05, 4.69) is 53.1 Å². The van der Waals surface area contributed by atoms with Crippen LogP contribution in [0.25, 0.3) is 20.7 Å². The highest BCUT2D eigenvalue weighted by atomic mass is 32.1. The van der Waals surface area contributed by atoms with Gasteiger partial charge in [0.05, 0.1) is 17.7 Å². The Hall–Kier alpha value is -3.12. The van der Waals surface area contributed by atoms with E-state index in [9.17, 15) is 0 Å². The molecule has 2 aromatic carbocycles. The number of benzene rings is 2. The van der Waals surface area contributed by atoms with E-state index in [1.165, 1.54) is 15.6 Å². The molecule has 0 radical (unpaired) electrons. The number of nitrogens with two attached hydrogens (primary N) is 1. The van der Waals surface area contributed by atoms with Crippen LogP contribution in [0.3, 0.4) is 0 Å². The number of thiophene rings is 1. The van der Waals surface area contributed by atoms with Crippen molar-refractivity contribution < 1.29 is 4.74 Å². The Labute approximate surface area is 162 Å². The van der Waals surface area contributed by atoms with Crippen molar-refractivity contribution in [3.05, 3.63) is 60.3 Å². The van der Waals surface area contributed by atoms with Crippen molar-refractivity contribution in [2.75, 3.05) is 24.8 Å². The van der Waals surface area contributed by atoms with Crippen molar-refractivity contribution in [3.63, 3.8) is 0 Å². The molecule has 27 heavy (non-hydrogen) atoms. The second-order valence-electron chi connectivity index (χ2n) is 6.30. The lowest BCUT2D eigenvalue weighted by atomic mass is 10.1. The summed E-state index contributed by atoms with van der Waals surface area (Å²) in [6.45, 7) is 2.13. The molecule has 136 valence electrons. The lowest BCUT2D eigenvalue weighted by Crippen LogP contribution is -2.09. The summed E-state index contributed by atoms with van der Waals surface area (Å²) in [5, 5.41) is 1.22. The fraction of sp³-hybridized carbons (Fsp3) is 0.143. The van der Waals surface area contributed by atoms with Gasteiger partial charge < -0.3 is 15.4 Å². The van der Waals surface area contributed by atoms with E-state index in [0.717, 1.165) is 27.7 Å². The molecule has 0 unspecified atom stereocenters. The molecule has 0 aliphatic heterocycles. The van der Waals surface area contributed by atoms with Crippen LogP contribution >= 0.6 is 11.3 Å². The Balaban J connectivity index is 1.77. The third-order valence-corrected chi connectivity index (χ3v) is 5.95. The lowest BCUT2D eigenvalue weighted by Gasteiger charge is -2.20. The molecule has 0 saturated carbocycles. The largest absolute Gasteiger partial charge is 0.497 e. The zero-order chi connectivity index (χ0) is 19.0. The number of anilines is 3. The third kappa shape index (κ3) is 3.19. The highest BCUT2D eigenvalue weighted by Crippen LogP contribution is 2.39. The third-order valence-electron chi connectivity index (χ3n) is 4.65. The Morgan fingerprint density at radius 1 is 1.07 bits per heavy atom. The van der Waals surface area contributed by atoms with Gasteiger partial charge in [-0.05, 0) is 54.3 Å². The van der Waals surface area contributed by atoms with Gasteiger partial charge in [0.1, 0.15) is 5.75 Å². The number of methoxy groups -OCH3 is 1. The van der Waals surface area contributed by atoms with E-state index in [4.69, 9.17) is 10.5 Å². The lowest BCUT2D eigenvalue weighted by molar-refractivity contribution is 0.415. The predicted octanol–water partition coefficient (Wildman–Crippen LogP) is 5.03. The molecule has 2 aromatic heterocycles. The van der Waals surface area contributed by atoms with Crippen LogP contribution in [0, 0.1) is 6.92 Å². The first kappa shape index (κ1) is 17.3. The van der Waals surface area contributed by atoms with E-state index >= 15 is 0 Å². The van der Waals surface area contributed by atoms with Crippen molar-refractivity contribution in [2.45, 2.75) is 6.92 Å². The fourth-order valence-electron chi connectivity index (χ4n) is 3.13. The van der Waals surface area contributed by atoms with Gasteiger partial charge in [-0.3, -0.25) is 0 Å². The number of nitrogens with zero attached hydrogens (tertiary/aromatic N) is 3. The topological polar surface area (TPSA) is 64.3 Å². The first-order valence-corrected chi connectivity index (χ1v) is 9.38. The predicted molar refractivity (Wildman–Crippen MR) is 113 cm³/mol. The van der Waals surface area contributed by atoms with Crippen LogP contribution in [-0.2, 0) is 0 Å². The van der Waals surface area contributed by atoms with E-state index in [1.807, 2.05) is 24.3 Å². The van der Waals surface area contributed by atoms with Crippen LogP contribution in [0.1, 0.15) is 5.56 Å². The standard InChI is InChI=1S/C21H20N4OS/c1-13-17-12-15(25(2)14-5-4-6-16(11-14)26-3)7-8-19(17)27-20(13)18-9-10-23-21(22)24-18/h4-12H,1-3H3,(H2,22,23,24). The molecule has 0 aliphatic carbocycles. The average Bonchev–Trinajstić information content (AvgIpc) is 3.03. The maximum atomic E-state index is 5.76. The summed E-state index contributed by atoms with van der Waals surface area (Å²) < 4.78 is 6.57. The van der Waals surface area contributed by atoms with Crippen molar-refractivity contribution >= 4 is 38.7 Å². The number of fused-ring (bicyclic) bond motifs is 1. The highest BCUT2D eigenvalue weighted by Gasteiger charge is 2.14. The molecule has 5 nitrogen and oxygen atoms in total. The quantitative estimate of drug-likeness (QED) is 0.541. The Bertz CT molecular complexity index is 1120. The zero-order valence-electron chi connectivity index (χ0n) is 15.4. The van der Waals surface area contributed by atoms with Gasteiger partial charge in [0.25, 0.3) is 0 Å². The summed E-state index contributed by atoms with van der Waals surface area (Å²) in [4.78, 5) is 11.6. The Morgan fingerprint density at radius 2 is 1.89 bits per heavy atom. The summed E-state index contributed by atoms with van der Waals surface area (Å²) in [6, 6.07) is 16.5. The summed E-state index contributed by atoms with van der Waals surface area (Å²) in [5.74, 6) is 1.14. The van der Waals surface area contributed by atoms with Gasteiger partial charge in [0.2, 0.25) is 5.95 Å². The molecule has 0 spiro atoms. The second kappa shape index (κ2) is 6.89. The van der Waals surface area contributed by atoms with Crippen LogP contribution in [0.4, 0.5) is 17.3 Å². The molecule has 6 heteroatoms. The molecule has 0 bridgehead atoms. The van der Waals surface area contributed by atoms with Gasteiger partial charge in [-0.2, -0.15) is 0 Å². The Kier molecular flexibility index (Phi) is 4.41. The van der Waals surface area contributed by atoms with Gasteiger partial charge in [0.15, 0.2) is 0 Å². The minimum absolute atomic E-state index is 0.294. The zero-order valence-corrected chi connectivity index (χ0v) is 16.2. The first-order chi connectivity index (χ1) is 13.1. The number of ether oxygens (including phenoxy) is 1. The summed E-state index contributed by atoms with van der Waals surface area (Å²) in [5.41, 5.74) is 10.0. The molecular formula is C21H20N4OS. The van der Waals surface area contributed by atoms with Crippen LogP contribution in [0.2, 0.25) is 0 Å². The molecule has 0 saturated heterocycles. The second-order valence-corrected chi connectivity index (χ2v) is 7.35. The normalized spacial score (nSPS) is 10.9. The van der Waals surface area contributed by atoms with Gasteiger partial charge in [-0.1, -0.05) is 6.07 Å². The molecule has 4 aromatic rings. The van der Waals surface area contributed by atoms with Gasteiger partial charge in [-0.15, -0.1) is 11.3 Å². The molecule has 0 amide bonds. The van der Waals surface area contributed by atoms with E-state index < -0.39 is 0 Å². The average molecular weight is 376 g/mol. The minimum atomic E-state index is 0.294. The van der Waals surface area contributed by atoms with Gasteiger partial charge in [-0.25, -0.2) is 9.97 Å². The summed E-state index contributed by atoms with van der Waals surface area (Å²) in [6.07, 6.45) is 1.70. The van der Waals surface area contributed by atoms with E-state index in [1.54, 1.807) is 24.6 Å². The number of aryl methyl sites for hydroxylation is 1. The van der Waals surface area contributed by atoms with Crippen LogP contribution < -0.4 is 15.4 Å². The maximum absolute atomic E-state index is 5.76. The van der Waals surface area contributed by atoms with Crippen molar-refractivity contribution in [1.82, 2.24) is 9.97 Å². The Morgan fingerprint density at radius 3 is 2.67 bits per heavy atom. The number of nitrogen functional groups attached to an aromatic ring is 1. The maximum Gasteiger partial charge on any atom is 0.220 e. The van der Waals surface area contributed by atoms with E-state index in [0.29, 0.717) is 5.95 Å². The monoisotopic (exact) mass is 376 g/mol. The molecular weight excluding hydrogens is 356 g/mol. The SMILES string of the molecule is COc1cccc(N(C)c2ccc3sc(-c4ccnc(N)n4)c(C)c3c2)c1. The van der Waals surface area contributed by atoms with Crippen molar-refractivity contribution in [2.24, 2.45) is 0 Å². The van der Waals surface area contributed by atoms with Crippen LogP contribution in [0.5, 0.6) is 5.75 Å². The van der Waals surface area contributed by atoms with Gasteiger partial charge in [0, 0.05) is 35.4 Å². The van der Waals surface area contributed by atoms with Crippen LogP contribution in [0.15, 0.2) is 54.7 Å². The number of rotatable bonds is 4. The van der Waals surface area contributed by atoms with Crippen LogP contribution in [-0.4, -0.2) is 24.1 Å². The number of hydrogen-bond donors (Lipinski definition) is 1. The molecule has 2 heterocycles. The molecule has 4 rings (SSSR count). The highest BCUT2D eigenvalue weighted by molar-refractivity contribution is 7.22. The smallest absolute Gasteiger partial charge is 0.220 e. The molecule has 2 N–H and O–H groups in total. The van der Waals surface area contributed by atoms with E-state index in [-0.39, 0.29) is 0 Å². The summed E-state index contributed by atoms with van der Waals surface area (Å²) >= 11 is 1.72. The fourth-order valence-corrected chi connectivity index (χ4v) is 4.29. The first-order valence-electron chi connectivity index (χ1n) is 8.56. The molecule has 0 aliphatic rings. The molecule has 0 fully saturated rings. The van der Waals surface area contributed by atoms with Crippen molar-refractivity contribution in [1.29, 1.82) is 0 Å².